The van der Waals surface area contributed by atoms with Gasteiger partial charge in [0, 0.05) is 20.2 Å². The third-order valence-electron chi connectivity index (χ3n) is 2.79. The van der Waals surface area contributed by atoms with Gasteiger partial charge in [-0.15, -0.1) is 0 Å². The monoisotopic (exact) mass is 215 g/mol. The molecule has 0 heterocycles. The summed E-state index contributed by atoms with van der Waals surface area (Å²) in [6, 6.07) is 0. The fraction of sp³-hybridized carbons (Fsp3) is 1.00. The second-order valence-electron chi connectivity index (χ2n) is 5.14. The van der Waals surface area contributed by atoms with Crippen LogP contribution in [0.15, 0.2) is 0 Å². The van der Waals surface area contributed by atoms with Gasteiger partial charge in [-0.05, 0) is 11.8 Å². The zero-order valence-corrected chi connectivity index (χ0v) is 11.1. The Morgan fingerprint density at radius 1 is 1.13 bits per heavy atom. The molecule has 0 amide bonds. The van der Waals surface area contributed by atoms with Gasteiger partial charge in [-0.1, -0.05) is 46.5 Å². The molecule has 15 heavy (non-hydrogen) atoms. The summed E-state index contributed by atoms with van der Waals surface area (Å²) in [4.78, 5) is 0. The number of unbranched alkanes of at least 4 members (excludes halogenated alkanes) is 3. The average Bonchev–Trinajstić information content (AvgIpc) is 2.20. The van der Waals surface area contributed by atoms with Crippen LogP contribution >= 0.6 is 0 Å². The summed E-state index contributed by atoms with van der Waals surface area (Å²) < 4.78 is 5.01. The molecule has 0 aliphatic heterocycles. The van der Waals surface area contributed by atoms with Crippen molar-refractivity contribution in [2.75, 3.05) is 26.8 Å². The van der Waals surface area contributed by atoms with Gasteiger partial charge in [0.2, 0.25) is 0 Å². The van der Waals surface area contributed by atoms with E-state index in [1.54, 1.807) is 7.11 Å². The summed E-state index contributed by atoms with van der Waals surface area (Å²) in [6.45, 7) is 9.83. The van der Waals surface area contributed by atoms with Gasteiger partial charge in [-0.25, -0.2) is 0 Å². The summed E-state index contributed by atoms with van der Waals surface area (Å²) >= 11 is 0. The maximum absolute atomic E-state index is 5.01. The maximum atomic E-state index is 5.01. The molecule has 0 aliphatic rings. The first kappa shape index (κ1) is 14.9. The highest BCUT2D eigenvalue weighted by molar-refractivity contribution is 4.71. The Kier molecular flexibility index (Phi) is 9.12. The van der Waals surface area contributed by atoms with Gasteiger partial charge in [0.05, 0.1) is 6.61 Å². The first-order chi connectivity index (χ1) is 7.12. The highest BCUT2D eigenvalue weighted by atomic mass is 16.5. The van der Waals surface area contributed by atoms with Crippen molar-refractivity contribution in [2.45, 2.75) is 52.9 Å². The van der Waals surface area contributed by atoms with E-state index >= 15 is 0 Å². The highest BCUT2D eigenvalue weighted by Crippen LogP contribution is 2.22. The largest absolute Gasteiger partial charge is 0.383 e. The molecule has 0 atom stereocenters. The highest BCUT2D eigenvalue weighted by Gasteiger charge is 2.16. The number of methoxy groups -OCH3 is 1. The van der Waals surface area contributed by atoms with Crippen LogP contribution in [0, 0.1) is 5.41 Å². The van der Waals surface area contributed by atoms with Crippen molar-refractivity contribution in [3.05, 3.63) is 0 Å². The predicted octanol–water partition coefficient (Wildman–Crippen LogP) is 3.22. The molecule has 0 rings (SSSR count). The van der Waals surface area contributed by atoms with E-state index in [4.69, 9.17) is 4.74 Å². The molecule has 0 aromatic carbocycles. The van der Waals surface area contributed by atoms with Crippen molar-refractivity contribution < 1.29 is 4.74 Å². The molecule has 0 spiro atoms. The minimum absolute atomic E-state index is 0.432. The molecule has 1 N–H and O–H groups in total. The summed E-state index contributed by atoms with van der Waals surface area (Å²) in [5, 5.41) is 3.44. The van der Waals surface area contributed by atoms with Crippen LogP contribution < -0.4 is 5.32 Å². The zero-order chi connectivity index (χ0) is 11.6. The first-order valence-corrected chi connectivity index (χ1v) is 6.32. The molecule has 0 saturated heterocycles. The van der Waals surface area contributed by atoms with Gasteiger partial charge >= 0.3 is 0 Å². The minimum atomic E-state index is 0.432. The smallest absolute Gasteiger partial charge is 0.0587 e. The maximum Gasteiger partial charge on any atom is 0.0587 e. The molecule has 2 heteroatoms. The summed E-state index contributed by atoms with van der Waals surface area (Å²) in [7, 11) is 1.75. The lowest BCUT2D eigenvalue weighted by Crippen LogP contribution is -2.31. The minimum Gasteiger partial charge on any atom is -0.383 e. The van der Waals surface area contributed by atoms with E-state index in [1.165, 1.54) is 32.1 Å². The summed E-state index contributed by atoms with van der Waals surface area (Å²) in [5.41, 5.74) is 0.432. The van der Waals surface area contributed by atoms with Crippen molar-refractivity contribution in [3.8, 4) is 0 Å². The Morgan fingerprint density at radius 2 is 1.87 bits per heavy atom. The van der Waals surface area contributed by atoms with Crippen LogP contribution in [0.5, 0.6) is 0 Å². The quantitative estimate of drug-likeness (QED) is 0.565. The molecule has 92 valence electrons. The van der Waals surface area contributed by atoms with Crippen molar-refractivity contribution in [2.24, 2.45) is 5.41 Å². The van der Waals surface area contributed by atoms with E-state index < -0.39 is 0 Å². The Bertz CT molecular complexity index is 120. The van der Waals surface area contributed by atoms with Gasteiger partial charge < -0.3 is 10.1 Å². The lowest BCUT2D eigenvalue weighted by Gasteiger charge is -2.25. The van der Waals surface area contributed by atoms with Crippen molar-refractivity contribution in [1.82, 2.24) is 5.32 Å². The molecule has 0 saturated carbocycles. The van der Waals surface area contributed by atoms with Crippen molar-refractivity contribution in [3.63, 3.8) is 0 Å². The fourth-order valence-electron chi connectivity index (χ4n) is 1.72. The molecule has 0 aromatic heterocycles. The number of rotatable bonds is 10. The molecule has 0 bridgehead atoms. The van der Waals surface area contributed by atoms with E-state index in [9.17, 15) is 0 Å². The van der Waals surface area contributed by atoms with E-state index in [-0.39, 0.29) is 0 Å². The van der Waals surface area contributed by atoms with Crippen LogP contribution in [0.4, 0.5) is 0 Å². The van der Waals surface area contributed by atoms with E-state index in [2.05, 4.69) is 26.1 Å². The van der Waals surface area contributed by atoms with E-state index in [1.807, 2.05) is 0 Å². The van der Waals surface area contributed by atoms with Crippen LogP contribution in [-0.2, 0) is 4.74 Å². The van der Waals surface area contributed by atoms with Gasteiger partial charge in [-0.3, -0.25) is 0 Å². The Morgan fingerprint density at radius 3 is 2.47 bits per heavy atom. The molecule has 0 unspecified atom stereocenters. The van der Waals surface area contributed by atoms with Gasteiger partial charge in [0.1, 0.15) is 0 Å². The molecular weight excluding hydrogens is 186 g/mol. The molecule has 2 nitrogen and oxygen atoms in total. The molecule has 0 fully saturated rings. The van der Waals surface area contributed by atoms with E-state index in [0.717, 1.165) is 19.7 Å². The number of nitrogens with one attached hydrogen (secondary N) is 1. The number of hydrogen-bond acceptors (Lipinski definition) is 2. The third-order valence-corrected chi connectivity index (χ3v) is 2.79. The second-order valence-corrected chi connectivity index (χ2v) is 5.14. The fourth-order valence-corrected chi connectivity index (χ4v) is 1.72. The van der Waals surface area contributed by atoms with Crippen LogP contribution in [0.1, 0.15) is 52.9 Å². The standard InChI is InChI=1S/C13H29NO/c1-5-6-7-8-9-13(2,3)12-14-10-11-15-4/h14H,5-12H2,1-4H3. The lowest BCUT2D eigenvalue weighted by molar-refractivity contribution is 0.192. The summed E-state index contributed by atoms with van der Waals surface area (Å²) in [5.74, 6) is 0. The van der Waals surface area contributed by atoms with Gasteiger partial charge in [0.25, 0.3) is 0 Å². The van der Waals surface area contributed by atoms with Crippen LogP contribution in [0.3, 0.4) is 0 Å². The van der Waals surface area contributed by atoms with Gasteiger partial charge in [-0.2, -0.15) is 0 Å². The Labute approximate surface area is 95.8 Å². The van der Waals surface area contributed by atoms with Crippen molar-refractivity contribution >= 4 is 0 Å². The van der Waals surface area contributed by atoms with Crippen LogP contribution in [-0.4, -0.2) is 26.8 Å². The predicted molar refractivity (Wildman–Crippen MR) is 67.3 cm³/mol. The molecule has 0 aromatic rings. The average molecular weight is 215 g/mol. The Balaban J connectivity index is 3.40. The first-order valence-electron chi connectivity index (χ1n) is 6.32. The second kappa shape index (κ2) is 9.17. The van der Waals surface area contributed by atoms with Crippen LogP contribution in [0.25, 0.3) is 0 Å². The molecule has 0 radical (unpaired) electrons. The summed E-state index contributed by atoms with van der Waals surface area (Å²) in [6.07, 6.45) is 6.79. The van der Waals surface area contributed by atoms with Gasteiger partial charge in [0.15, 0.2) is 0 Å². The Hall–Kier alpha value is -0.0800. The van der Waals surface area contributed by atoms with E-state index in [0.29, 0.717) is 5.41 Å². The normalized spacial score (nSPS) is 12.0. The third kappa shape index (κ3) is 10.2. The molecular formula is C13H29NO. The zero-order valence-electron chi connectivity index (χ0n) is 11.1. The van der Waals surface area contributed by atoms with Crippen molar-refractivity contribution in [1.29, 1.82) is 0 Å². The number of ether oxygens (including phenoxy) is 1. The SMILES string of the molecule is CCCCCCC(C)(C)CNCCOC. The van der Waals surface area contributed by atoms with Crippen LogP contribution in [0.2, 0.25) is 0 Å². The lowest BCUT2D eigenvalue weighted by atomic mass is 9.87. The topological polar surface area (TPSA) is 21.3 Å². The molecule has 0 aliphatic carbocycles. The number of hydrogen-bond donors (Lipinski definition) is 1.